The second kappa shape index (κ2) is 8.30. The van der Waals surface area contributed by atoms with Gasteiger partial charge in [-0.3, -0.25) is 4.79 Å². The van der Waals surface area contributed by atoms with E-state index in [0.717, 1.165) is 22.1 Å². The van der Waals surface area contributed by atoms with Crippen LogP contribution in [0.3, 0.4) is 0 Å². The van der Waals surface area contributed by atoms with Gasteiger partial charge in [0.15, 0.2) is 0 Å². The number of hydrogen-bond donors (Lipinski definition) is 1. The number of ether oxygens (including phenoxy) is 1. The Bertz CT molecular complexity index is 1070. The second-order valence-corrected chi connectivity index (χ2v) is 7.00. The quantitative estimate of drug-likeness (QED) is 0.651. The van der Waals surface area contributed by atoms with Crippen LogP contribution in [0.25, 0.3) is 11.0 Å². The summed E-state index contributed by atoms with van der Waals surface area (Å²) >= 11 is 0. The molecule has 1 N–H and O–H groups in total. The monoisotopic (exact) mass is 379 g/mol. The van der Waals surface area contributed by atoms with E-state index in [-0.39, 0.29) is 18.4 Å². The third-order valence-electron chi connectivity index (χ3n) is 5.13. The van der Waals surface area contributed by atoms with Gasteiger partial charge in [0.1, 0.15) is 11.3 Å². The molecule has 0 fully saturated rings. The molecule has 2 aromatic carbocycles. The van der Waals surface area contributed by atoms with Crippen molar-refractivity contribution in [1.82, 2.24) is 5.32 Å². The molecule has 0 saturated heterocycles. The average molecular weight is 379 g/mol. The molecule has 0 aliphatic heterocycles. The molecule has 0 aliphatic carbocycles. The van der Waals surface area contributed by atoms with E-state index < -0.39 is 5.63 Å². The summed E-state index contributed by atoms with van der Waals surface area (Å²) in [5.41, 5.74) is 3.69. The molecule has 0 saturated carbocycles. The van der Waals surface area contributed by atoms with Crippen molar-refractivity contribution in [2.75, 3.05) is 7.11 Å². The summed E-state index contributed by atoms with van der Waals surface area (Å²) in [4.78, 5) is 24.8. The van der Waals surface area contributed by atoms with Gasteiger partial charge in [0, 0.05) is 23.4 Å². The van der Waals surface area contributed by atoms with Crippen LogP contribution in [-0.2, 0) is 11.2 Å². The van der Waals surface area contributed by atoms with Crippen LogP contribution < -0.4 is 15.7 Å². The first-order chi connectivity index (χ1) is 13.4. The van der Waals surface area contributed by atoms with Crippen LogP contribution in [-0.4, -0.2) is 13.0 Å². The summed E-state index contributed by atoms with van der Waals surface area (Å²) in [6.07, 6.45) is 0.561. The van der Waals surface area contributed by atoms with Crippen LogP contribution in [0, 0.1) is 13.8 Å². The second-order valence-electron chi connectivity index (χ2n) is 7.00. The Hall–Kier alpha value is -3.08. The molecule has 5 heteroatoms. The lowest BCUT2D eigenvalue weighted by Crippen LogP contribution is -2.28. The van der Waals surface area contributed by atoms with Crippen LogP contribution in [0.2, 0.25) is 0 Å². The van der Waals surface area contributed by atoms with Crippen LogP contribution in [0.5, 0.6) is 5.75 Å². The Kier molecular flexibility index (Phi) is 5.83. The lowest BCUT2D eigenvalue weighted by Gasteiger charge is -2.16. The number of hydrogen-bond acceptors (Lipinski definition) is 4. The lowest BCUT2D eigenvalue weighted by atomic mass is 10.0. The third kappa shape index (κ3) is 4.09. The number of nitrogens with one attached hydrogen (secondary N) is 1. The van der Waals surface area contributed by atoms with Crippen molar-refractivity contribution in [3.63, 3.8) is 0 Å². The summed E-state index contributed by atoms with van der Waals surface area (Å²) in [5, 5.41) is 3.86. The Balaban J connectivity index is 1.73. The van der Waals surface area contributed by atoms with Crippen molar-refractivity contribution in [1.29, 1.82) is 0 Å². The van der Waals surface area contributed by atoms with Gasteiger partial charge in [-0.25, -0.2) is 4.79 Å². The number of carbonyl (C=O) groups is 1. The van der Waals surface area contributed by atoms with Crippen molar-refractivity contribution >= 4 is 16.9 Å². The van der Waals surface area contributed by atoms with E-state index in [1.165, 1.54) is 0 Å². The fourth-order valence-electron chi connectivity index (χ4n) is 3.49. The van der Waals surface area contributed by atoms with E-state index in [4.69, 9.17) is 9.15 Å². The number of rotatable bonds is 6. The van der Waals surface area contributed by atoms with Gasteiger partial charge in [-0.15, -0.1) is 0 Å². The molecule has 1 aromatic heterocycles. The highest BCUT2D eigenvalue weighted by Crippen LogP contribution is 2.24. The minimum atomic E-state index is -0.405. The predicted molar refractivity (Wildman–Crippen MR) is 110 cm³/mol. The molecule has 0 bridgehead atoms. The Labute approximate surface area is 164 Å². The van der Waals surface area contributed by atoms with Crippen LogP contribution in [0.4, 0.5) is 0 Å². The smallest absolute Gasteiger partial charge is 0.339 e. The molecule has 0 radical (unpaired) electrons. The number of aryl methyl sites for hydroxylation is 2. The minimum absolute atomic E-state index is 0.0877. The van der Waals surface area contributed by atoms with Gasteiger partial charge in [0.2, 0.25) is 5.91 Å². The van der Waals surface area contributed by atoms with Gasteiger partial charge in [-0.1, -0.05) is 24.3 Å². The fraction of sp³-hybridized carbons (Fsp3) is 0.304. The average Bonchev–Trinajstić information content (AvgIpc) is 2.67. The molecule has 146 valence electrons. The van der Waals surface area contributed by atoms with Crippen LogP contribution in [0.1, 0.15) is 41.6 Å². The number of fused-ring (bicyclic) bond motifs is 1. The molecular weight excluding hydrogens is 354 g/mol. The first kappa shape index (κ1) is 19.7. The molecule has 3 rings (SSSR count). The zero-order valence-corrected chi connectivity index (χ0v) is 16.7. The van der Waals surface area contributed by atoms with Crippen molar-refractivity contribution in [2.24, 2.45) is 0 Å². The molecule has 5 nitrogen and oxygen atoms in total. The third-order valence-corrected chi connectivity index (χ3v) is 5.13. The summed E-state index contributed by atoms with van der Waals surface area (Å²) in [5.74, 6) is 0.539. The van der Waals surface area contributed by atoms with Crippen molar-refractivity contribution in [3.05, 3.63) is 75.1 Å². The molecule has 0 spiro atoms. The topological polar surface area (TPSA) is 68.5 Å². The van der Waals surface area contributed by atoms with E-state index >= 15 is 0 Å². The summed E-state index contributed by atoms with van der Waals surface area (Å²) in [7, 11) is 1.57. The molecule has 1 unspecified atom stereocenters. The van der Waals surface area contributed by atoms with Crippen molar-refractivity contribution in [2.45, 2.75) is 39.7 Å². The molecule has 28 heavy (non-hydrogen) atoms. The van der Waals surface area contributed by atoms with Crippen LogP contribution in [0.15, 0.2) is 51.7 Å². The number of carbonyl (C=O) groups excluding carboxylic acids is 1. The first-order valence-electron chi connectivity index (χ1n) is 9.36. The fourth-order valence-corrected chi connectivity index (χ4v) is 3.49. The maximum atomic E-state index is 12.4. The largest absolute Gasteiger partial charge is 0.497 e. The van der Waals surface area contributed by atoms with Gasteiger partial charge < -0.3 is 14.5 Å². The molecule has 0 aliphatic rings. The molecule has 3 aromatic rings. The number of methoxy groups -OCH3 is 1. The van der Waals surface area contributed by atoms with Gasteiger partial charge in [-0.05, 0) is 56.0 Å². The molecule has 1 heterocycles. The molecule has 1 atom stereocenters. The van der Waals surface area contributed by atoms with E-state index in [9.17, 15) is 9.59 Å². The summed E-state index contributed by atoms with van der Waals surface area (Å²) in [6.45, 7) is 5.87. The van der Waals surface area contributed by atoms with E-state index in [1.807, 2.05) is 57.2 Å². The normalized spacial score (nSPS) is 12.0. The van der Waals surface area contributed by atoms with Crippen molar-refractivity contribution in [3.8, 4) is 5.75 Å². The maximum Gasteiger partial charge on any atom is 0.339 e. The zero-order valence-electron chi connectivity index (χ0n) is 16.7. The van der Waals surface area contributed by atoms with E-state index in [1.54, 1.807) is 13.2 Å². The van der Waals surface area contributed by atoms with Gasteiger partial charge in [0.05, 0.1) is 13.2 Å². The van der Waals surface area contributed by atoms with Gasteiger partial charge in [-0.2, -0.15) is 0 Å². The van der Waals surface area contributed by atoms with Crippen LogP contribution >= 0.6 is 0 Å². The Morgan fingerprint density at radius 3 is 2.64 bits per heavy atom. The number of amides is 1. The molecule has 1 amide bonds. The molecular formula is C23H25NO4. The SMILES string of the molecule is COc1ccc2c(C)c(CCC(=O)NC(C)c3ccccc3C)c(=O)oc2c1. The standard InChI is InChI=1S/C23H25NO4/c1-14-7-5-6-8-18(14)16(3)24-22(25)12-11-20-15(2)19-10-9-17(27-4)13-21(19)28-23(20)26/h5-10,13,16H,11-12H2,1-4H3,(H,24,25). The van der Waals surface area contributed by atoms with Gasteiger partial charge >= 0.3 is 5.63 Å². The summed E-state index contributed by atoms with van der Waals surface area (Å²) < 4.78 is 10.6. The highest BCUT2D eigenvalue weighted by Gasteiger charge is 2.15. The zero-order chi connectivity index (χ0) is 20.3. The Morgan fingerprint density at radius 1 is 1.18 bits per heavy atom. The van der Waals surface area contributed by atoms with E-state index in [2.05, 4.69) is 5.32 Å². The summed E-state index contributed by atoms with van der Waals surface area (Å²) in [6, 6.07) is 13.3. The number of benzene rings is 2. The highest BCUT2D eigenvalue weighted by molar-refractivity contribution is 5.82. The van der Waals surface area contributed by atoms with Gasteiger partial charge in [0.25, 0.3) is 0 Å². The highest BCUT2D eigenvalue weighted by atomic mass is 16.5. The lowest BCUT2D eigenvalue weighted by molar-refractivity contribution is -0.121. The maximum absolute atomic E-state index is 12.4. The minimum Gasteiger partial charge on any atom is -0.497 e. The van der Waals surface area contributed by atoms with E-state index in [0.29, 0.717) is 23.3 Å². The Morgan fingerprint density at radius 2 is 1.93 bits per heavy atom. The first-order valence-corrected chi connectivity index (χ1v) is 9.36. The predicted octanol–water partition coefficient (Wildman–Crippen LogP) is 4.23. The van der Waals surface area contributed by atoms with Crippen molar-refractivity contribution < 1.29 is 13.9 Å².